The number of hydrogen-bond acceptors (Lipinski definition) is 5. The number of nitrogens with zero attached hydrogens (tertiary/aromatic N) is 4. The van der Waals surface area contributed by atoms with Crippen LogP contribution >= 0.6 is 0 Å². The third-order valence-corrected chi connectivity index (χ3v) is 5.20. The number of benzene rings is 1. The molecule has 0 unspecified atom stereocenters. The molecule has 6 heteroatoms. The first-order valence-electron chi connectivity index (χ1n) is 9.03. The maximum Gasteiger partial charge on any atom is 0.154 e. The molecule has 1 aromatic carbocycles. The molecule has 1 saturated heterocycles. The van der Waals surface area contributed by atoms with Crippen LogP contribution in [0.4, 0.5) is 5.82 Å². The van der Waals surface area contributed by atoms with Gasteiger partial charge in [0.05, 0.1) is 31.2 Å². The molecule has 1 aliphatic rings. The molecule has 3 aromatic rings. The van der Waals surface area contributed by atoms with Gasteiger partial charge in [0.15, 0.2) is 5.65 Å². The molecule has 0 amide bonds. The standard InChI is InChI=1S/C20H24N4O2/c1-14-4-3-5-16(15(14)2)12-18-17(13-25)21-19-6-7-20(22-24(18)19)23-8-10-26-11-9-23/h3-7,25H,8-13H2,1-2H3. The summed E-state index contributed by atoms with van der Waals surface area (Å²) in [6, 6.07) is 10.3. The first kappa shape index (κ1) is 17.0. The summed E-state index contributed by atoms with van der Waals surface area (Å²) in [5, 5.41) is 14.6. The van der Waals surface area contributed by atoms with Crippen LogP contribution in [0.25, 0.3) is 5.65 Å². The van der Waals surface area contributed by atoms with Crippen molar-refractivity contribution in [3.63, 3.8) is 0 Å². The lowest BCUT2D eigenvalue weighted by atomic mass is 9.99. The normalized spacial score (nSPS) is 15.0. The lowest BCUT2D eigenvalue weighted by molar-refractivity contribution is 0.122. The van der Waals surface area contributed by atoms with Gasteiger partial charge in [0.1, 0.15) is 5.82 Å². The molecule has 3 heterocycles. The summed E-state index contributed by atoms with van der Waals surface area (Å²) in [5.74, 6) is 0.921. The van der Waals surface area contributed by atoms with Gasteiger partial charge < -0.3 is 14.7 Å². The molecule has 2 aromatic heterocycles. The van der Waals surface area contributed by atoms with Crippen molar-refractivity contribution in [1.29, 1.82) is 0 Å². The number of morpholine rings is 1. The highest BCUT2D eigenvalue weighted by molar-refractivity contribution is 5.50. The van der Waals surface area contributed by atoms with E-state index in [1.807, 2.05) is 16.6 Å². The molecule has 4 rings (SSSR count). The van der Waals surface area contributed by atoms with Gasteiger partial charge in [-0.05, 0) is 42.7 Å². The van der Waals surface area contributed by atoms with Crippen LogP contribution in [0, 0.1) is 13.8 Å². The number of aryl methyl sites for hydroxylation is 1. The molecule has 0 radical (unpaired) electrons. The Morgan fingerprint density at radius 3 is 2.69 bits per heavy atom. The van der Waals surface area contributed by atoms with Gasteiger partial charge in [-0.3, -0.25) is 0 Å². The van der Waals surface area contributed by atoms with E-state index in [1.165, 1.54) is 16.7 Å². The average molecular weight is 352 g/mol. The zero-order chi connectivity index (χ0) is 18.1. The van der Waals surface area contributed by atoms with Gasteiger partial charge in [-0.2, -0.15) is 0 Å². The van der Waals surface area contributed by atoms with Crippen molar-refractivity contribution in [2.45, 2.75) is 26.9 Å². The highest BCUT2D eigenvalue weighted by Gasteiger charge is 2.18. The predicted molar refractivity (Wildman–Crippen MR) is 101 cm³/mol. The van der Waals surface area contributed by atoms with Gasteiger partial charge in [0.2, 0.25) is 0 Å². The number of anilines is 1. The first-order valence-corrected chi connectivity index (χ1v) is 9.03. The highest BCUT2D eigenvalue weighted by Crippen LogP contribution is 2.22. The maximum absolute atomic E-state index is 9.81. The molecule has 136 valence electrons. The SMILES string of the molecule is Cc1cccc(Cc2c(CO)nc3ccc(N4CCOCC4)nn23)c1C. The summed E-state index contributed by atoms with van der Waals surface area (Å²) in [5.41, 5.74) is 6.19. The smallest absolute Gasteiger partial charge is 0.154 e. The zero-order valence-corrected chi connectivity index (χ0v) is 15.3. The Bertz CT molecular complexity index is 929. The highest BCUT2D eigenvalue weighted by atomic mass is 16.5. The fourth-order valence-electron chi connectivity index (χ4n) is 3.46. The Balaban J connectivity index is 1.77. The number of aliphatic hydroxyl groups is 1. The molecule has 0 aliphatic carbocycles. The molecule has 0 bridgehead atoms. The molecular formula is C20H24N4O2. The molecule has 26 heavy (non-hydrogen) atoms. The van der Waals surface area contributed by atoms with Crippen LogP contribution in [0.5, 0.6) is 0 Å². The second-order valence-electron chi connectivity index (χ2n) is 6.76. The third kappa shape index (κ3) is 3.06. The summed E-state index contributed by atoms with van der Waals surface area (Å²) >= 11 is 0. The van der Waals surface area contributed by atoms with Crippen molar-refractivity contribution in [3.05, 3.63) is 58.4 Å². The monoisotopic (exact) mass is 352 g/mol. The van der Waals surface area contributed by atoms with Gasteiger partial charge >= 0.3 is 0 Å². The quantitative estimate of drug-likeness (QED) is 0.780. The van der Waals surface area contributed by atoms with Gasteiger partial charge in [0.25, 0.3) is 0 Å². The summed E-state index contributed by atoms with van der Waals surface area (Å²) < 4.78 is 7.32. The number of hydrogen-bond donors (Lipinski definition) is 1. The average Bonchev–Trinajstić information content (AvgIpc) is 3.03. The van der Waals surface area contributed by atoms with Crippen LogP contribution in [0.2, 0.25) is 0 Å². The van der Waals surface area contributed by atoms with Crippen molar-refractivity contribution < 1.29 is 9.84 Å². The lowest BCUT2D eigenvalue weighted by Gasteiger charge is -2.27. The van der Waals surface area contributed by atoms with Crippen molar-refractivity contribution in [3.8, 4) is 0 Å². The lowest BCUT2D eigenvalue weighted by Crippen LogP contribution is -2.37. The maximum atomic E-state index is 9.81. The zero-order valence-electron chi connectivity index (χ0n) is 15.3. The molecule has 6 nitrogen and oxygen atoms in total. The number of ether oxygens (including phenoxy) is 1. The first-order chi connectivity index (χ1) is 12.7. The molecular weight excluding hydrogens is 328 g/mol. The van der Waals surface area contributed by atoms with E-state index in [0.29, 0.717) is 12.1 Å². The van der Waals surface area contributed by atoms with Gasteiger partial charge in [0, 0.05) is 19.5 Å². The van der Waals surface area contributed by atoms with Crippen LogP contribution in [0.3, 0.4) is 0 Å². The molecule has 1 aliphatic heterocycles. The Morgan fingerprint density at radius 1 is 1.12 bits per heavy atom. The molecule has 1 fully saturated rings. The number of aromatic nitrogens is 3. The van der Waals surface area contributed by atoms with E-state index in [0.717, 1.165) is 43.5 Å². The number of rotatable bonds is 4. The number of aliphatic hydroxyl groups excluding tert-OH is 1. The number of fused-ring (bicyclic) bond motifs is 1. The summed E-state index contributed by atoms with van der Waals surface area (Å²) in [6.45, 7) is 7.30. The van der Waals surface area contributed by atoms with Crippen molar-refractivity contribution in [1.82, 2.24) is 14.6 Å². The van der Waals surface area contributed by atoms with E-state index in [9.17, 15) is 5.11 Å². The molecule has 0 saturated carbocycles. The van der Waals surface area contributed by atoms with E-state index >= 15 is 0 Å². The second kappa shape index (κ2) is 7.05. The van der Waals surface area contributed by atoms with E-state index in [1.54, 1.807) is 0 Å². The molecule has 0 spiro atoms. The Morgan fingerprint density at radius 2 is 1.92 bits per heavy atom. The largest absolute Gasteiger partial charge is 0.390 e. The summed E-state index contributed by atoms with van der Waals surface area (Å²) in [4.78, 5) is 6.80. The summed E-state index contributed by atoms with van der Waals surface area (Å²) in [7, 11) is 0. The minimum atomic E-state index is -0.0869. The Kier molecular flexibility index (Phi) is 4.61. The van der Waals surface area contributed by atoms with Crippen molar-refractivity contribution in [2.75, 3.05) is 31.2 Å². The fourth-order valence-corrected chi connectivity index (χ4v) is 3.46. The third-order valence-electron chi connectivity index (χ3n) is 5.20. The molecule has 1 N–H and O–H groups in total. The topological polar surface area (TPSA) is 62.9 Å². The molecule has 0 atom stereocenters. The van der Waals surface area contributed by atoms with E-state index in [2.05, 4.69) is 41.9 Å². The summed E-state index contributed by atoms with van der Waals surface area (Å²) in [6.07, 6.45) is 0.699. The van der Waals surface area contributed by atoms with Crippen molar-refractivity contribution in [2.24, 2.45) is 0 Å². The van der Waals surface area contributed by atoms with E-state index in [-0.39, 0.29) is 6.61 Å². The van der Waals surface area contributed by atoms with Crippen LogP contribution < -0.4 is 4.90 Å². The second-order valence-corrected chi connectivity index (χ2v) is 6.76. The fraction of sp³-hybridized carbons (Fsp3) is 0.400. The van der Waals surface area contributed by atoms with Crippen LogP contribution in [-0.4, -0.2) is 46.0 Å². The number of imidazole rings is 1. The minimum absolute atomic E-state index is 0.0869. The van der Waals surface area contributed by atoms with Gasteiger partial charge in [-0.15, -0.1) is 5.10 Å². The van der Waals surface area contributed by atoms with Crippen LogP contribution in [0.1, 0.15) is 28.1 Å². The van der Waals surface area contributed by atoms with E-state index in [4.69, 9.17) is 9.84 Å². The Labute approximate surface area is 153 Å². The van der Waals surface area contributed by atoms with E-state index < -0.39 is 0 Å². The van der Waals surface area contributed by atoms with Gasteiger partial charge in [-0.25, -0.2) is 9.50 Å². The Hall–Kier alpha value is -2.44. The minimum Gasteiger partial charge on any atom is -0.390 e. The van der Waals surface area contributed by atoms with Crippen LogP contribution in [-0.2, 0) is 17.8 Å². The van der Waals surface area contributed by atoms with Gasteiger partial charge in [-0.1, -0.05) is 18.2 Å². The van der Waals surface area contributed by atoms with Crippen molar-refractivity contribution >= 4 is 11.5 Å². The predicted octanol–water partition coefficient (Wildman–Crippen LogP) is 2.27. The van der Waals surface area contributed by atoms with Crippen LogP contribution in [0.15, 0.2) is 30.3 Å².